The Hall–Kier alpha value is -1.04. The van der Waals surface area contributed by atoms with E-state index in [1.165, 1.54) is 12.1 Å². The summed E-state index contributed by atoms with van der Waals surface area (Å²) in [5.74, 6) is 0. The molecule has 0 aliphatic rings. The highest BCUT2D eigenvalue weighted by molar-refractivity contribution is 9.10. The largest absolute Gasteiger partial charge is 0.416 e. The molecule has 0 radical (unpaired) electrons. The lowest BCUT2D eigenvalue weighted by atomic mass is 9.98. The summed E-state index contributed by atoms with van der Waals surface area (Å²) in [6.07, 6.45) is -4.33. The first kappa shape index (κ1) is 16.3. The van der Waals surface area contributed by atoms with Crippen molar-refractivity contribution >= 4 is 27.5 Å². The fourth-order valence-corrected chi connectivity index (χ4v) is 2.76. The van der Waals surface area contributed by atoms with Crippen molar-refractivity contribution < 1.29 is 13.2 Å². The second kappa shape index (κ2) is 6.38. The maximum atomic E-state index is 12.6. The van der Waals surface area contributed by atoms with Gasteiger partial charge in [0.05, 0.1) is 11.6 Å². The van der Waals surface area contributed by atoms with Crippen LogP contribution in [0.25, 0.3) is 0 Å². The van der Waals surface area contributed by atoms with Crippen molar-refractivity contribution in [3.8, 4) is 0 Å². The van der Waals surface area contributed by atoms with Gasteiger partial charge in [-0.25, -0.2) is 0 Å². The van der Waals surface area contributed by atoms with E-state index in [1.54, 1.807) is 19.2 Å². The standard InChI is InChI=1S/C15H12BrClF3N/c1-21-14(12-8-11(17)6-7-13(12)16)9-2-4-10(5-3-9)15(18,19)20/h2-8,14,21H,1H3. The average molecular weight is 379 g/mol. The summed E-state index contributed by atoms with van der Waals surface area (Å²) in [5.41, 5.74) is 0.935. The van der Waals surface area contributed by atoms with Gasteiger partial charge in [0, 0.05) is 9.50 Å². The third-order valence-corrected chi connectivity index (χ3v) is 4.09. The van der Waals surface area contributed by atoms with Crippen LogP contribution in [0.3, 0.4) is 0 Å². The Morgan fingerprint density at radius 2 is 1.71 bits per heavy atom. The fourth-order valence-electron chi connectivity index (χ4n) is 2.10. The van der Waals surface area contributed by atoms with Crippen molar-refractivity contribution in [1.82, 2.24) is 5.32 Å². The second-order valence-corrected chi connectivity index (χ2v) is 5.80. The van der Waals surface area contributed by atoms with E-state index in [0.717, 1.165) is 27.7 Å². The molecule has 0 saturated carbocycles. The van der Waals surface area contributed by atoms with Crippen LogP contribution in [0.1, 0.15) is 22.7 Å². The third-order valence-electron chi connectivity index (χ3n) is 3.13. The van der Waals surface area contributed by atoms with Gasteiger partial charge in [-0.05, 0) is 48.5 Å². The molecule has 0 aliphatic heterocycles. The highest BCUT2D eigenvalue weighted by atomic mass is 79.9. The first-order valence-corrected chi connectivity index (χ1v) is 7.29. The predicted octanol–water partition coefficient (Wildman–Crippen LogP) is 5.43. The zero-order valence-electron chi connectivity index (χ0n) is 11.0. The Kier molecular flexibility index (Phi) is 4.96. The molecule has 0 heterocycles. The summed E-state index contributed by atoms with van der Waals surface area (Å²) >= 11 is 9.43. The van der Waals surface area contributed by atoms with Crippen LogP contribution in [0, 0.1) is 0 Å². The van der Waals surface area contributed by atoms with E-state index in [-0.39, 0.29) is 6.04 Å². The van der Waals surface area contributed by atoms with E-state index in [4.69, 9.17) is 11.6 Å². The molecule has 112 valence electrons. The topological polar surface area (TPSA) is 12.0 Å². The summed E-state index contributed by atoms with van der Waals surface area (Å²) in [7, 11) is 1.75. The fraction of sp³-hybridized carbons (Fsp3) is 0.200. The molecule has 0 amide bonds. The summed E-state index contributed by atoms with van der Waals surface area (Å²) in [5, 5.41) is 3.66. The van der Waals surface area contributed by atoms with Crippen molar-refractivity contribution in [2.75, 3.05) is 7.05 Å². The Morgan fingerprint density at radius 3 is 2.24 bits per heavy atom. The smallest absolute Gasteiger partial charge is 0.309 e. The van der Waals surface area contributed by atoms with Gasteiger partial charge in [0.25, 0.3) is 0 Å². The zero-order chi connectivity index (χ0) is 15.6. The molecule has 1 N–H and O–H groups in total. The molecule has 6 heteroatoms. The van der Waals surface area contributed by atoms with Crippen LogP contribution in [-0.2, 0) is 6.18 Å². The van der Waals surface area contributed by atoms with Gasteiger partial charge in [0.15, 0.2) is 0 Å². The van der Waals surface area contributed by atoms with Crippen molar-refractivity contribution in [2.45, 2.75) is 12.2 Å². The molecule has 1 unspecified atom stereocenters. The number of halogens is 5. The molecule has 2 aromatic rings. The quantitative estimate of drug-likeness (QED) is 0.751. The summed E-state index contributed by atoms with van der Waals surface area (Å²) in [6, 6.07) is 10.2. The van der Waals surface area contributed by atoms with E-state index in [1.807, 2.05) is 6.07 Å². The van der Waals surface area contributed by atoms with Gasteiger partial charge in [-0.15, -0.1) is 0 Å². The summed E-state index contributed by atoms with van der Waals surface area (Å²) in [6.45, 7) is 0. The lowest BCUT2D eigenvalue weighted by Crippen LogP contribution is -2.18. The van der Waals surface area contributed by atoms with Crippen molar-refractivity contribution in [2.24, 2.45) is 0 Å². The van der Waals surface area contributed by atoms with E-state index in [9.17, 15) is 13.2 Å². The first-order valence-electron chi connectivity index (χ1n) is 6.12. The van der Waals surface area contributed by atoms with Crippen LogP contribution in [0.2, 0.25) is 5.02 Å². The van der Waals surface area contributed by atoms with Crippen LogP contribution in [0.4, 0.5) is 13.2 Å². The number of nitrogens with one attached hydrogen (secondary N) is 1. The Morgan fingerprint density at radius 1 is 1.10 bits per heavy atom. The molecule has 21 heavy (non-hydrogen) atoms. The summed E-state index contributed by atoms with van der Waals surface area (Å²) in [4.78, 5) is 0. The second-order valence-electron chi connectivity index (χ2n) is 4.51. The van der Waals surface area contributed by atoms with Crippen LogP contribution in [0.15, 0.2) is 46.9 Å². The van der Waals surface area contributed by atoms with E-state index in [0.29, 0.717) is 5.02 Å². The molecule has 1 nitrogen and oxygen atoms in total. The molecule has 0 aliphatic carbocycles. The number of rotatable bonds is 3. The van der Waals surface area contributed by atoms with Crippen molar-refractivity contribution in [3.05, 3.63) is 68.7 Å². The minimum atomic E-state index is -4.33. The molecule has 0 aromatic heterocycles. The van der Waals surface area contributed by atoms with Crippen LogP contribution >= 0.6 is 27.5 Å². The third kappa shape index (κ3) is 3.78. The minimum Gasteiger partial charge on any atom is -0.309 e. The van der Waals surface area contributed by atoms with E-state index in [2.05, 4.69) is 21.2 Å². The Balaban J connectivity index is 2.40. The Bertz CT molecular complexity index is 626. The van der Waals surface area contributed by atoms with Crippen LogP contribution in [0.5, 0.6) is 0 Å². The molecule has 2 rings (SSSR count). The molecule has 0 saturated heterocycles. The molecule has 0 spiro atoms. The molecular weight excluding hydrogens is 367 g/mol. The maximum absolute atomic E-state index is 12.6. The normalized spacial score (nSPS) is 13.2. The van der Waals surface area contributed by atoms with Gasteiger partial charge in [-0.3, -0.25) is 0 Å². The zero-order valence-corrected chi connectivity index (χ0v) is 13.4. The molecule has 2 aromatic carbocycles. The van der Waals surface area contributed by atoms with Gasteiger partial charge >= 0.3 is 6.18 Å². The van der Waals surface area contributed by atoms with Gasteiger partial charge in [-0.1, -0.05) is 39.7 Å². The number of benzene rings is 2. The van der Waals surface area contributed by atoms with Crippen molar-refractivity contribution in [1.29, 1.82) is 0 Å². The highest BCUT2D eigenvalue weighted by Gasteiger charge is 2.30. The predicted molar refractivity (Wildman–Crippen MR) is 81.5 cm³/mol. The van der Waals surface area contributed by atoms with Crippen molar-refractivity contribution in [3.63, 3.8) is 0 Å². The van der Waals surface area contributed by atoms with E-state index >= 15 is 0 Å². The van der Waals surface area contributed by atoms with Crippen LogP contribution < -0.4 is 5.32 Å². The summed E-state index contributed by atoms with van der Waals surface area (Å²) < 4.78 is 38.6. The average Bonchev–Trinajstić information content (AvgIpc) is 2.43. The SMILES string of the molecule is CNC(c1ccc(C(F)(F)F)cc1)c1cc(Cl)ccc1Br. The first-order chi connectivity index (χ1) is 9.82. The number of hydrogen-bond acceptors (Lipinski definition) is 1. The number of hydrogen-bond donors (Lipinski definition) is 1. The lowest BCUT2D eigenvalue weighted by Gasteiger charge is -2.19. The molecular formula is C15H12BrClF3N. The van der Waals surface area contributed by atoms with E-state index < -0.39 is 11.7 Å². The van der Waals surface area contributed by atoms with Gasteiger partial charge in [-0.2, -0.15) is 13.2 Å². The molecule has 0 bridgehead atoms. The van der Waals surface area contributed by atoms with Crippen LogP contribution in [-0.4, -0.2) is 7.05 Å². The molecule has 1 atom stereocenters. The monoisotopic (exact) mass is 377 g/mol. The maximum Gasteiger partial charge on any atom is 0.416 e. The molecule has 0 fully saturated rings. The highest BCUT2D eigenvalue weighted by Crippen LogP contribution is 2.33. The lowest BCUT2D eigenvalue weighted by molar-refractivity contribution is -0.137. The minimum absolute atomic E-state index is 0.250. The van der Waals surface area contributed by atoms with Gasteiger partial charge in [0.2, 0.25) is 0 Å². The Labute approximate surface area is 134 Å². The number of alkyl halides is 3. The van der Waals surface area contributed by atoms with Gasteiger partial charge < -0.3 is 5.32 Å². The van der Waals surface area contributed by atoms with Gasteiger partial charge in [0.1, 0.15) is 0 Å².